The molecule has 0 radical (unpaired) electrons. The van der Waals surface area contributed by atoms with Crippen molar-refractivity contribution >= 4 is 43.5 Å². The van der Waals surface area contributed by atoms with Gasteiger partial charge in [-0.25, -0.2) is 18.4 Å². The van der Waals surface area contributed by atoms with Gasteiger partial charge in [0.05, 0.1) is 4.90 Å². The van der Waals surface area contributed by atoms with Crippen LogP contribution in [0, 0.1) is 0 Å². The summed E-state index contributed by atoms with van der Waals surface area (Å²) in [5.41, 5.74) is 1.83. The molecule has 8 heteroatoms. The minimum absolute atomic E-state index is 0.0526. The van der Waals surface area contributed by atoms with E-state index in [0.29, 0.717) is 15.5 Å². The quantitative estimate of drug-likeness (QED) is 0.473. The van der Waals surface area contributed by atoms with Crippen molar-refractivity contribution in [3.63, 3.8) is 0 Å². The van der Waals surface area contributed by atoms with Crippen LogP contribution in [0.2, 0.25) is 0 Å². The first-order valence-electron chi connectivity index (χ1n) is 8.46. The number of benzene rings is 2. The van der Waals surface area contributed by atoms with Gasteiger partial charge in [0, 0.05) is 18.2 Å². The molecule has 0 atom stereocenters. The van der Waals surface area contributed by atoms with Crippen molar-refractivity contribution in [1.82, 2.24) is 14.5 Å². The molecule has 4 aromatic rings. The lowest BCUT2D eigenvalue weighted by atomic mass is 10.1. The molecule has 2 aromatic heterocycles. The number of Topliss-reactive ketones (excluding diaryl/α,β-unsaturated/α-hetero) is 1. The molecule has 0 amide bonds. The highest BCUT2D eigenvalue weighted by molar-refractivity contribution is 7.97. The zero-order valence-corrected chi connectivity index (χ0v) is 16.3. The Morgan fingerprint density at radius 2 is 1.71 bits per heavy atom. The summed E-state index contributed by atoms with van der Waals surface area (Å²) in [4.78, 5) is 22.2. The molecule has 0 N–H and O–H groups in total. The number of aromatic nitrogens is 3. The SMILES string of the molecule is Cn1c(-c2ccccc2)nc2sc(/C=C3\C(=O)c4ccccc4S3(=O)=O)nc21. The first-order valence-corrected chi connectivity index (χ1v) is 10.8. The summed E-state index contributed by atoms with van der Waals surface area (Å²) < 4.78 is 27.3. The highest BCUT2D eigenvalue weighted by atomic mass is 32.2. The van der Waals surface area contributed by atoms with Crippen LogP contribution in [0.1, 0.15) is 15.4 Å². The Kier molecular flexibility index (Phi) is 3.62. The monoisotopic (exact) mass is 407 g/mol. The molecule has 3 heterocycles. The normalized spacial score (nSPS) is 16.8. The van der Waals surface area contributed by atoms with E-state index in [9.17, 15) is 13.2 Å². The van der Waals surface area contributed by atoms with E-state index in [4.69, 9.17) is 0 Å². The Labute approximate surface area is 164 Å². The predicted molar refractivity (Wildman–Crippen MR) is 108 cm³/mol. The summed E-state index contributed by atoms with van der Waals surface area (Å²) in [6, 6.07) is 16.0. The van der Waals surface area contributed by atoms with Gasteiger partial charge in [0.2, 0.25) is 15.6 Å². The van der Waals surface area contributed by atoms with Crippen molar-refractivity contribution in [2.24, 2.45) is 7.05 Å². The number of thiazole rings is 1. The zero-order valence-electron chi connectivity index (χ0n) is 14.7. The number of fused-ring (bicyclic) bond motifs is 2. The van der Waals surface area contributed by atoms with Crippen LogP contribution < -0.4 is 0 Å². The molecule has 0 fully saturated rings. The van der Waals surface area contributed by atoms with Crippen LogP contribution in [-0.4, -0.2) is 28.7 Å². The number of sulfone groups is 1. The number of aryl methyl sites for hydroxylation is 1. The third-order valence-electron chi connectivity index (χ3n) is 4.67. The molecule has 2 aromatic carbocycles. The lowest BCUT2D eigenvalue weighted by Gasteiger charge is -2.01. The highest BCUT2D eigenvalue weighted by Gasteiger charge is 2.39. The molecule has 6 nitrogen and oxygen atoms in total. The van der Waals surface area contributed by atoms with Gasteiger partial charge in [0.25, 0.3) is 0 Å². The fourth-order valence-electron chi connectivity index (χ4n) is 3.31. The van der Waals surface area contributed by atoms with E-state index < -0.39 is 15.6 Å². The van der Waals surface area contributed by atoms with Gasteiger partial charge in [0.1, 0.15) is 15.7 Å². The van der Waals surface area contributed by atoms with E-state index in [1.54, 1.807) is 12.1 Å². The minimum Gasteiger partial charge on any atom is -0.311 e. The molecule has 1 aliphatic rings. The van der Waals surface area contributed by atoms with Gasteiger partial charge < -0.3 is 4.57 Å². The first kappa shape index (κ1) is 17.0. The van der Waals surface area contributed by atoms with Crippen molar-refractivity contribution in [2.45, 2.75) is 4.90 Å². The van der Waals surface area contributed by atoms with Gasteiger partial charge in [-0.3, -0.25) is 4.79 Å². The Balaban J connectivity index is 1.61. The van der Waals surface area contributed by atoms with Crippen LogP contribution in [0.15, 0.2) is 64.4 Å². The van der Waals surface area contributed by atoms with Gasteiger partial charge >= 0.3 is 0 Å². The minimum atomic E-state index is -3.82. The second-order valence-electron chi connectivity index (χ2n) is 6.38. The van der Waals surface area contributed by atoms with E-state index in [0.717, 1.165) is 11.4 Å². The van der Waals surface area contributed by atoms with E-state index in [2.05, 4.69) is 9.97 Å². The fourth-order valence-corrected chi connectivity index (χ4v) is 5.86. The highest BCUT2D eigenvalue weighted by Crippen LogP contribution is 2.36. The second-order valence-corrected chi connectivity index (χ2v) is 9.27. The summed E-state index contributed by atoms with van der Waals surface area (Å²) in [6.07, 6.45) is 1.35. The zero-order chi connectivity index (χ0) is 19.5. The second kappa shape index (κ2) is 5.95. The fraction of sp³-hybridized carbons (Fsp3) is 0.0500. The van der Waals surface area contributed by atoms with Gasteiger partial charge in [-0.05, 0) is 18.2 Å². The van der Waals surface area contributed by atoms with Crippen molar-refractivity contribution in [3.8, 4) is 11.4 Å². The van der Waals surface area contributed by atoms with Crippen LogP contribution >= 0.6 is 11.3 Å². The number of allylic oxidation sites excluding steroid dienone is 1. The van der Waals surface area contributed by atoms with E-state index in [1.165, 1.54) is 29.5 Å². The van der Waals surface area contributed by atoms with Gasteiger partial charge in [0.15, 0.2) is 10.5 Å². The lowest BCUT2D eigenvalue weighted by Crippen LogP contribution is -2.02. The third-order valence-corrected chi connectivity index (χ3v) is 7.38. The Bertz CT molecular complexity index is 1400. The standard InChI is InChI=1S/C20H13N3O3S2/c1-23-18(12-7-3-2-4-8-12)22-20-19(23)21-16(27-20)11-15-17(24)13-9-5-6-10-14(13)28(15,25)26/h2-11H,1H3/b15-11+. The maximum Gasteiger partial charge on any atom is 0.211 e. The van der Waals surface area contributed by atoms with E-state index in [1.807, 2.05) is 41.9 Å². The number of rotatable bonds is 2. The average Bonchev–Trinajstić information content (AvgIpc) is 3.30. The van der Waals surface area contributed by atoms with Crippen LogP contribution in [0.25, 0.3) is 27.9 Å². The van der Waals surface area contributed by atoms with Crippen LogP contribution in [-0.2, 0) is 16.9 Å². The van der Waals surface area contributed by atoms with E-state index in [-0.39, 0.29) is 15.4 Å². The Morgan fingerprint density at radius 1 is 1.00 bits per heavy atom. The van der Waals surface area contributed by atoms with Gasteiger partial charge in [-0.15, -0.1) is 0 Å². The van der Waals surface area contributed by atoms with Gasteiger partial charge in [-0.2, -0.15) is 0 Å². The van der Waals surface area contributed by atoms with Crippen LogP contribution in [0.5, 0.6) is 0 Å². The molecule has 0 aliphatic carbocycles. The summed E-state index contributed by atoms with van der Waals surface area (Å²) in [5, 5.41) is 0.437. The predicted octanol–water partition coefficient (Wildman–Crippen LogP) is 3.71. The molecule has 28 heavy (non-hydrogen) atoms. The lowest BCUT2D eigenvalue weighted by molar-refractivity contribution is 0.104. The molecule has 0 saturated heterocycles. The number of nitrogens with zero attached hydrogens (tertiary/aromatic N) is 3. The van der Waals surface area contributed by atoms with Crippen LogP contribution in [0.4, 0.5) is 0 Å². The first-order chi connectivity index (χ1) is 13.5. The number of hydrogen-bond acceptors (Lipinski definition) is 6. The molecule has 0 bridgehead atoms. The summed E-state index contributed by atoms with van der Waals surface area (Å²) >= 11 is 1.26. The summed E-state index contributed by atoms with van der Waals surface area (Å²) in [6.45, 7) is 0. The molecular formula is C20H13N3O3S2. The molecule has 0 saturated carbocycles. The number of hydrogen-bond donors (Lipinski definition) is 0. The smallest absolute Gasteiger partial charge is 0.211 e. The van der Waals surface area contributed by atoms with Crippen molar-refractivity contribution in [2.75, 3.05) is 0 Å². The Morgan fingerprint density at radius 3 is 2.43 bits per heavy atom. The number of carbonyl (C=O) groups excluding carboxylic acids is 1. The van der Waals surface area contributed by atoms with Crippen molar-refractivity contribution < 1.29 is 13.2 Å². The number of carbonyl (C=O) groups is 1. The Hall–Kier alpha value is -3.10. The summed E-state index contributed by atoms with van der Waals surface area (Å²) in [7, 11) is -1.96. The van der Waals surface area contributed by atoms with Crippen LogP contribution in [0.3, 0.4) is 0 Å². The molecular weight excluding hydrogens is 394 g/mol. The average molecular weight is 407 g/mol. The maximum absolute atomic E-state index is 12.7. The maximum atomic E-state index is 12.7. The summed E-state index contributed by atoms with van der Waals surface area (Å²) in [5.74, 6) is 0.290. The van der Waals surface area contributed by atoms with Gasteiger partial charge in [-0.1, -0.05) is 53.8 Å². The van der Waals surface area contributed by atoms with E-state index >= 15 is 0 Å². The molecule has 0 unspecified atom stereocenters. The van der Waals surface area contributed by atoms with Crippen molar-refractivity contribution in [3.05, 3.63) is 70.1 Å². The molecule has 5 rings (SSSR count). The molecule has 138 valence electrons. The topological polar surface area (TPSA) is 81.9 Å². The van der Waals surface area contributed by atoms with Crippen molar-refractivity contribution in [1.29, 1.82) is 0 Å². The number of imidazole rings is 1. The third kappa shape index (κ3) is 2.38. The molecule has 1 aliphatic heterocycles. The number of ketones is 1. The largest absolute Gasteiger partial charge is 0.311 e. The molecule has 0 spiro atoms.